The molecule has 100 valence electrons. The first-order valence-electron chi connectivity index (χ1n) is 6.33. The zero-order valence-corrected chi connectivity index (χ0v) is 11.1. The average Bonchev–Trinajstić information content (AvgIpc) is 2.75. The van der Waals surface area contributed by atoms with Gasteiger partial charge in [0.25, 0.3) is 5.56 Å². The average molecular weight is 251 g/mol. The Morgan fingerprint density at radius 1 is 1.50 bits per heavy atom. The second-order valence-corrected chi connectivity index (χ2v) is 4.83. The molecule has 5 heteroatoms. The number of anilines is 1. The van der Waals surface area contributed by atoms with E-state index < -0.39 is 0 Å². The van der Waals surface area contributed by atoms with Crippen molar-refractivity contribution >= 4 is 5.69 Å². The van der Waals surface area contributed by atoms with E-state index in [0.717, 1.165) is 25.2 Å². The summed E-state index contributed by atoms with van der Waals surface area (Å²) >= 11 is 0. The summed E-state index contributed by atoms with van der Waals surface area (Å²) in [4.78, 5) is 13.9. The Bertz CT molecular complexity index is 444. The lowest BCUT2D eigenvalue weighted by atomic mass is 10.2. The van der Waals surface area contributed by atoms with Crippen molar-refractivity contribution < 1.29 is 4.74 Å². The fourth-order valence-electron chi connectivity index (χ4n) is 2.27. The van der Waals surface area contributed by atoms with E-state index in [1.807, 2.05) is 12.3 Å². The Labute approximate surface area is 107 Å². The molecule has 1 aromatic rings. The molecule has 0 spiro atoms. The smallest absolute Gasteiger partial charge is 0.250 e. The molecule has 1 aliphatic rings. The first-order valence-corrected chi connectivity index (χ1v) is 6.33. The number of hydrogen-bond acceptors (Lipinski definition) is 4. The van der Waals surface area contributed by atoms with E-state index in [0.29, 0.717) is 19.2 Å². The summed E-state index contributed by atoms with van der Waals surface area (Å²) in [5.41, 5.74) is 1.02. The topological polar surface area (TPSA) is 46.5 Å². The molecule has 0 aromatic carbocycles. The molecule has 1 N–H and O–H groups in total. The van der Waals surface area contributed by atoms with E-state index in [1.165, 1.54) is 0 Å². The second kappa shape index (κ2) is 6.02. The summed E-state index contributed by atoms with van der Waals surface area (Å²) in [6.45, 7) is 3.32. The summed E-state index contributed by atoms with van der Waals surface area (Å²) in [5, 5.41) is 3.47. The number of hydrogen-bond donors (Lipinski definition) is 1. The summed E-state index contributed by atoms with van der Waals surface area (Å²) < 4.78 is 6.69. The van der Waals surface area contributed by atoms with Crippen molar-refractivity contribution in [2.24, 2.45) is 0 Å². The molecule has 1 fully saturated rings. The molecule has 5 nitrogen and oxygen atoms in total. The van der Waals surface area contributed by atoms with Gasteiger partial charge in [-0.15, -0.1) is 0 Å². The first-order chi connectivity index (χ1) is 8.69. The van der Waals surface area contributed by atoms with E-state index in [9.17, 15) is 4.79 Å². The van der Waals surface area contributed by atoms with Crippen molar-refractivity contribution in [3.8, 4) is 0 Å². The van der Waals surface area contributed by atoms with Gasteiger partial charge in [0.1, 0.15) is 0 Å². The maximum Gasteiger partial charge on any atom is 0.250 e. The molecule has 0 aliphatic carbocycles. The van der Waals surface area contributed by atoms with Crippen molar-refractivity contribution in [1.82, 2.24) is 9.47 Å². The molecule has 0 saturated carbocycles. The molecule has 1 aromatic heterocycles. The van der Waals surface area contributed by atoms with Crippen LogP contribution in [0.1, 0.15) is 6.42 Å². The van der Waals surface area contributed by atoms with Crippen molar-refractivity contribution in [1.29, 1.82) is 0 Å². The van der Waals surface area contributed by atoms with Crippen LogP contribution in [0.3, 0.4) is 0 Å². The molecule has 1 atom stereocenters. The van der Waals surface area contributed by atoms with E-state index in [1.54, 1.807) is 17.7 Å². The number of nitrogens with zero attached hydrogens (tertiary/aromatic N) is 2. The lowest BCUT2D eigenvalue weighted by Gasteiger charge is -2.15. The number of pyridine rings is 1. The third-order valence-corrected chi connectivity index (χ3v) is 3.28. The van der Waals surface area contributed by atoms with Gasteiger partial charge in [-0.05, 0) is 26.1 Å². The number of methoxy groups -OCH3 is 1. The van der Waals surface area contributed by atoms with Gasteiger partial charge in [0.2, 0.25) is 0 Å². The molecule has 1 saturated heterocycles. The highest BCUT2D eigenvalue weighted by Gasteiger charge is 2.18. The monoisotopic (exact) mass is 251 g/mol. The number of nitrogens with one attached hydrogen (secondary N) is 1. The number of aromatic nitrogens is 1. The highest BCUT2D eigenvalue weighted by atomic mass is 16.5. The summed E-state index contributed by atoms with van der Waals surface area (Å²) in [6, 6.07) is 3.93. The lowest BCUT2D eigenvalue weighted by molar-refractivity contribution is 0.186. The van der Waals surface area contributed by atoms with Crippen molar-refractivity contribution in [2.75, 3.05) is 39.2 Å². The molecule has 0 amide bonds. The zero-order valence-electron chi connectivity index (χ0n) is 11.1. The fourth-order valence-corrected chi connectivity index (χ4v) is 2.27. The summed E-state index contributed by atoms with van der Waals surface area (Å²) in [6.07, 6.45) is 3.02. The predicted molar refractivity (Wildman–Crippen MR) is 72.1 cm³/mol. The largest absolute Gasteiger partial charge is 0.383 e. The van der Waals surface area contributed by atoms with E-state index >= 15 is 0 Å². The van der Waals surface area contributed by atoms with Crippen LogP contribution in [-0.2, 0) is 11.3 Å². The van der Waals surface area contributed by atoms with Gasteiger partial charge in [0.15, 0.2) is 0 Å². The first kappa shape index (κ1) is 13.1. The molecule has 0 bridgehead atoms. The van der Waals surface area contributed by atoms with Crippen molar-refractivity contribution in [3.63, 3.8) is 0 Å². The van der Waals surface area contributed by atoms with Gasteiger partial charge in [0, 0.05) is 38.5 Å². The molecule has 0 radical (unpaired) electrons. The highest BCUT2D eigenvalue weighted by molar-refractivity contribution is 5.41. The van der Waals surface area contributed by atoms with Gasteiger partial charge >= 0.3 is 0 Å². The fraction of sp³-hybridized carbons (Fsp3) is 0.615. The lowest BCUT2D eigenvalue weighted by Crippen LogP contribution is -2.26. The van der Waals surface area contributed by atoms with Gasteiger partial charge in [0.05, 0.1) is 12.3 Å². The van der Waals surface area contributed by atoms with Crippen LogP contribution in [0.5, 0.6) is 0 Å². The van der Waals surface area contributed by atoms with Crippen LogP contribution >= 0.6 is 0 Å². The Hall–Kier alpha value is -1.33. The summed E-state index contributed by atoms with van der Waals surface area (Å²) in [5.74, 6) is 0. The van der Waals surface area contributed by atoms with Crippen LogP contribution in [0.2, 0.25) is 0 Å². The normalized spacial score (nSPS) is 20.2. The number of likely N-dealkylation sites (N-methyl/N-ethyl adjacent to an activating group) is 1. The number of rotatable bonds is 5. The van der Waals surface area contributed by atoms with Crippen molar-refractivity contribution in [2.45, 2.75) is 19.0 Å². The Kier molecular flexibility index (Phi) is 4.38. The zero-order chi connectivity index (χ0) is 13.0. The third kappa shape index (κ3) is 3.34. The Morgan fingerprint density at radius 2 is 2.33 bits per heavy atom. The van der Waals surface area contributed by atoms with E-state index in [2.05, 4.69) is 17.3 Å². The minimum absolute atomic E-state index is 0.0149. The minimum Gasteiger partial charge on any atom is -0.383 e. The Morgan fingerprint density at radius 3 is 3.00 bits per heavy atom. The van der Waals surface area contributed by atoms with Gasteiger partial charge in [-0.25, -0.2) is 0 Å². The van der Waals surface area contributed by atoms with Gasteiger partial charge in [-0.2, -0.15) is 0 Å². The molecular formula is C13H21N3O2. The number of likely N-dealkylation sites (tertiary alicyclic amines) is 1. The molecule has 2 rings (SSSR count). The third-order valence-electron chi connectivity index (χ3n) is 3.28. The molecular weight excluding hydrogens is 230 g/mol. The van der Waals surface area contributed by atoms with Crippen LogP contribution < -0.4 is 10.9 Å². The minimum atomic E-state index is 0.0149. The molecule has 18 heavy (non-hydrogen) atoms. The molecule has 1 aliphatic heterocycles. The predicted octanol–water partition coefficient (Wildman–Crippen LogP) is 0.611. The second-order valence-electron chi connectivity index (χ2n) is 4.83. The number of ether oxygens (including phenoxy) is 1. The molecule has 1 unspecified atom stereocenters. The standard InChI is InChI=1S/C13H21N3O2/c1-15-6-5-12(9-15)14-11-3-4-13(17)16(10-11)7-8-18-2/h3-4,10,12,14H,5-9H2,1-2H3. The van der Waals surface area contributed by atoms with E-state index in [4.69, 9.17) is 4.74 Å². The summed E-state index contributed by atoms with van der Waals surface area (Å²) in [7, 11) is 3.77. The maximum absolute atomic E-state index is 11.6. The van der Waals surface area contributed by atoms with Gasteiger partial charge < -0.3 is 19.5 Å². The van der Waals surface area contributed by atoms with Crippen LogP contribution in [-0.4, -0.2) is 49.4 Å². The van der Waals surface area contributed by atoms with E-state index in [-0.39, 0.29) is 5.56 Å². The van der Waals surface area contributed by atoms with Crippen LogP contribution in [0.25, 0.3) is 0 Å². The highest BCUT2D eigenvalue weighted by Crippen LogP contribution is 2.13. The Balaban J connectivity index is 2.02. The van der Waals surface area contributed by atoms with Crippen LogP contribution in [0.4, 0.5) is 5.69 Å². The maximum atomic E-state index is 11.6. The molecule has 2 heterocycles. The quantitative estimate of drug-likeness (QED) is 0.833. The van der Waals surface area contributed by atoms with Gasteiger partial charge in [-0.3, -0.25) is 4.79 Å². The van der Waals surface area contributed by atoms with Gasteiger partial charge in [-0.1, -0.05) is 0 Å². The van der Waals surface area contributed by atoms with Crippen LogP contribution in [0.15, 0.2) is 23.1 Å². The SMILES string of the molecule is COCCn1cc(NC2CCN(C)C2)ccc1=O. The van der Waals surface area contributed by atoms with Crippen LogP contribution in [0, 0.1) is 0 Å². The van der Waals surface area contributed by atoms with Crippen molar-refractivity contribution in [3.05, 3.63) is 28.7 Å².